The molecule has 0 N–H and O–H groups in total. The molecule has 0 bridgehead atoms. The first-order valence-corrected chi connectivity index (χ1v) is 10.2. The summed E-state index contributed by atoms with van der Waals surface area (Å²) in [7, 11) is 0. The Morgan fingerprint density at radius 1 is 0.565 bits per heavy atom. The van der Waals surface area contributed by atoms with Crippen LogP contribution in [0.15, 0.2) is 48.5 Å². The Morgan fingerprint density at radius 3 is 1.35 bits per heavy atom. The minimum absolute atomic E-state index is 0.822. The molecule has 2 aromatic rings. The maximum Gasteiger partial charge on any atom is 0.0406 e. The van der Waals surface area contributed by atoms with Gasteiger partial charge in [0, 0.05) is 10.0 Å². The lowest BCUT2D eigenvalue weighted by atomic mass is 10.1. The molecule has 0 heterocycles. The number of unbranched alkanes of at least 4 members (excludes halogenated alkanes) is 2. The lowest BCUT2D eigenvalue weighted by Crippen LogP contribution is -1.90. The number of hydrogen-bond acceptors (Lipinski definition) is 1. The molecular formula is C20H24Cl2S. The maximum absolute atomic E-state index is 5.89. The van der Waals surface area contributed by atoms with Crippen LogP contribution in [-0.2, 0) is 12.8 Å². The number of aryl methyl sites for hydroxylation is 2. The highest BCUT2D eigenvalue weighted by Crippen LogP contribution is 2.15. The number of hydrogen-bond donors (Lipinski definition) is 0. The van der Waals surface area contributed by atoms with Crippen LogP contribution in [0.2, 0.25) is 10.0 Å². The van der Waals surface area contributed by atoms with Crippen molar-refractivity contribution >= 4 is 35.0 Å². The molecule has 0 saturated carbocycles. The minimum Gasteiger partial charge on any atom is -0.162 e. The average molecular weight is 367 g/mol. The Morgan fingerprint density at radius 2 is 0.957 bits per heavy atom. The Bertz CT molecular complexity index is 497. The summed E-state index contributed by atoms with van der Waals surface area (Å²) in [6, 6.07) is 16.4. The normalized spacial score (nSPS) is 10.9. The van der Waals surface area contributed by atoms with E-state index < -0.39 is 0 Å². The third-order valence-corrected chi connectivity index (χ3v) is 5.49. The molecule has 0 unspecified atom stereocenters. The number of thioether (sulfide) groups is 1. The van der Waals surface area contributed by atoms with E-state index in [0.717, 1.165) is 22.9 Å². The summed E-state index contributed by atoms with van der Waals surface area (Å²) in [5, 5.41) is 1.64. The van der Waals surface area contributed by atoms with Gasteiger partial charge in [-0.25, -0.2) is 0 Å². The van der Waals surface area contributed by atoms with Crippen LogP contribution in [-0.4, -0.2) is 11.5 Å². The molecule has 0 nitrogen and oxygen atoms in total. The maximum atomic E-state index is 5.89. The molecule has 23 heavy (non-hydrogen) atoms. The van der Waals surface area contributed by atoms with Gasteiger partial charge in [0.2, 0.25) is 0 Å². The van der Waals surface area contributed by atoms with Gasteiger partial charge in [0.25, 0.3) is 0 Å². The third-order valence-electron chi connectivity index (χ3n) is 3.83. The van der Waals surface area contributed by atoms with Crippen molar-refractivity contribution in [2.24, 2.45) is 0 Å². The van der Waals surface area contributed by atoms with E-state index in [-0.39, 0.29) is 0 Å². The quantitative estimate of drug-likeness (QED) is 0.405. The monoisotopic (exact) mass is 366 g/mol. The van der Waals surface area contributed by atoms with Gasteiger partial charge in [-0.15, -0.1) is 0 Å². The number of halogens is 2. The van der Waals surface area contributed by atoms with Gasteiger partial charge >= 0.3 is 0 Å². The molecule has 0 amide bonds. The van der Waals surface area contributed by atoms with E-state index in [1.165, 1.54) is 48.3 Å². The molecule has 3 heteroatoms. The van der Waals surface area contributed by atoms with Crippen LogP contribution in [0, 0.1) is 0 Å². The predicted octanol–water partition coefficient (Wildman–Crippen LogP) is 7.07. The Hall–Kier alpha value is -0.630. The molecule has 2 rings (SSSR count). The zero-order chi connectivity index (χ0) is 16.3. The summed E-state index contributed by atoms with van der Waals surface area (Å²) in [5.41, 5.74) is 2.78. The van der Waals surface area contributed by atoms with Crippen LogP contribution in [0.25, 0.3) is 0 Å². The molecular weight excluding hydrogens is 343 g/mol. The number of benzene rings is 2. The molecule has 0 radical (unpaired) electrons. The first-order chi connectivity index (χ1) is 11.2. The van der Waals surface area contributed by atoms with Crippen molar-refractivity contribution in [1.29, 1.82) is 0 Å². The van der Waals surface area contributed by atoms with Gasteiger partial charge in [0.1, 0.15) is 0 Å². The van der Waals surface area contributed by atoms with Crippen LogP contribution in [0.3, 0.4) is 0 Å². The molecule has 0 atom stereocenters. The molecule has 0 saturated heterocycles. The van der Waals surface area contributed by atoms with E-state index in [4.69, 9.17) is 23.2 Å². The molecule has 2 aromatic carbocycles. The second-order valence-electron chi connectivity index (χ2n) is 5.78. The lowest BCUT2D eigenvalue weighted by Gasteiger charge is -2.04. The zero-order valence-corrected chi connectivity index (χ0v) is 15.8. The smallest absolute Gasteiger partial charge is 0.0406 e. The van der Waals surface area contributed by atoms with E-state index in [1.807, 2.05) is 24.3 Å². The van der Waals surface area contributed by atoms with Crippen molar-refractivity contribution in [2.45, 2.75) is 38.5 Å². The highest BCUT2D eigenvalue weighted by molar-refractivity contribution is 7.99. The van der Waals surface area contributed by atoms with Gasteiger partial charge in [0.15, 0.2) is 0 Å². The van der Waals surface area contributed by atoms with E-state index >= 15 is 0 Å². The zero-order valence-electron chi connectivity index (χ0n) is 13.4. The standard InChI is InChI=1S/C20H24Cl2S/c21-19-11-7-17(8-12-19)5-1-3-15-23-16-4-2-6-18-9-13-20(22)14-10-18/h7-14H,1-6,15-16H2. The van der Waals surface area contributed by atoms with Crippen LogP contribution >= 0.6 is 35.0 Å². The Balaban J connectivity index is 1.43. The van der Waals surface area contributed by atoms with Gasteiger partial charge in [-0.1, -0.05) is 47.5 Å². The lowest BCUT2D eigenvalue weighted by molar-refractivity contribution is 0.791. The fourth-order valence-electron chi connectivity index (χ4n) is 2.47. The van der Waals surface area contributed by atoms with Crippen LogP contribution < -0.4 is 0 Å². The summed E-state index contributed by atoms with van der Waals surface area (Å²) >= 11 is 13.9. The molecule has 0 aromatic heterocycles. The van der Waals surface area contributed by atoms with Crippen molar-refractivity contribution in [3.8, 4) is 0 Å². The first-order valence-electron chi connectivity index (χ1n) is 8.31. The first kappa shape index (κ1) is 18.7. The largest absolute Gasteiger partial charge is 0.162 e. The topological polar surface area (TPSA) is 0 Å². The molecule has 0 aliphatic heterocycles. The SMILES string of the molecule is Clc1ccc(CCCCSCCCCc2ccc(Cl)cc2)cc1. The fraction of sp³-hybridized carbons (Fsp3) is 0.400. The summed E-state index contributed by atoms with van der Waals surface area (Å²) in [5.74, 6) is 2.54. The Kier molecular flexibility index (Phi) is 8.96. The summed E-state index contributed by atoms with van der Waals surface area (Å²) < 4.78 is 0. The van der Waals surface area contributed by atoms with Crippen molar-refractivity contribution in [2.75, 3.05) is 11.5 Å². The predicted molar refractivity (Wildman–Crippen MR) is 106 cm³/mol. The third kappa shape index (κ3) is 8.15. The van der Waals surface area contributed by atoms with E-state index in [9.17, 15) is 0 Å². The summed E-state index contributed by atoms with van der Waals surface area (Å²) in [6.07, 6.45) is 7.44. The van der Waals surface area contributed by atoms with Crippen molar-refractivity contribution in [3.63, 3.8) is 0 Å². The molecule has 0 aliphatic carbocycles. The van der Waals surface area contributed by atoms with E-state index in [1.54, 1.807) is 0 Å². The van der Waals surface area contributed by atoms with Crippen molar-refractivity contribution in [1.82, 2.24) is 0 Å². The van der Waals surface area contributed by atoms with Gasteiger partial charge in [-0.05, 0) is 85.4 Å². The molecule has 0 spiro atoms. The highest BCUT2D eigenvalue weighted by Gasteiger charge is 1.97. The second-order valence-corrected chi connectivity index (χ2v) is 7.88. The van der Waals surface area contributed by atoms with Gasteiger partial charge in [-0.3, -0.25) is 0 Å². The van der Waals surface area contributed by atoms with Crippen LogP contribution in [0.1, 0.15) is 36.8 Å². The minimum atomic E-state index is 0.822. The van der Waals surface area contributed by atoms with Gasteiger partial charge < -0.3 is 0 Å². The van der Waals surface area contributed by atoms with Crippen LogP contribution in [0.4, 0.5) is 0 Å². The summed E-state index contributed by atoms with van der Waals surface area (Å²) in [6.45, 7) is 0. The molecule has 124 valence electrons. The Labute approximate surface area is 154 Å². The van der Waals surface area contributed by atoms with E-state index in [0.29, 0.717) is 0 Å². The molecule has 0 aliphatic rings. The van der Waals surface area contributed by atoms with Gasteiger partial charge in [0.05, 0.1) is 0 Å². The van der Waals surface area contributed by atoms with Crippen molar-refractivity contribution in [3.05, 3.63) is 69.7 Å². The van der Waals surface area contributed by atoms with Gasteiger partial charge in [-0.2, -0.15) is 11.8 Å². The fourth-order valence-corrected chi connectivity index (χ4v) is 3.74. The highest BCUT2D eigenvalue weighted by atomic mass is 35.5. The summed E-state index contributed by atoms with van der Waals surface area (Å²) in [4.78, 5) is 0. The van der Waals surface area contributed by atoms with Crippen molar-refractivity contribution < 1.29 is 0 Å². The molecule has 0 fully saturated rings. The van der Waals surface area contributed by atoms with Crippen LogP contribution in [0.5, 0.6) is 0 Å². The average Bonchev–Trinajstić information content (AvgIpc) is 2.56. The van der Waals surface area contributed by atoms with E-state index in [2.05, 4.69) is 36.0 Å². The number of rotatable bonds is 10. The second kappa shape index (κ2) is 11.0.